The molecule has 4 aliphatic rings. The monoisotopic (exact) mass is 2060 g/mol. The van der Waals surface area contributed by atoms with Gasteiger partial charge in [-0.2, -0.15) is 0 Å². The lowest BCUT2D eigenvalue weighted by Gasteiger charge is -2.33. The summed E-state index contributed by atoms with van der Waals surface area (Å²) in [5.41, 5.74) is 5.63. The molecule has 0 saturated heterocycles. The van der Waals surface area contributed by atoms with Crippen LogP contribution in [-0.4, -0.2) is 93.0 Å². The fourth-order valence-electron chi connectivity index (χ4n) is 26.7. The lowest BCUT2D eigenvalue weighted by atomic mass is 9.80. The van der Waals surface area contributed by atoms with E-state index in [1.807, 2.05) is 36.4 Å². The molecule has 12 aromatic rings. The van der Waals surface area contributed by atoms with Crippen LogP contribution in [-0.2, 0) is 0 Å². The number of imide groups is 4. The smallest absolute Gasteiger partial charge is 0.262 e. The van der Waals surface area contributed by atoms with Crippen LogP contribution in [0.1, 0.15) is 549 Å². The predicted octanol–water partition coefficient (Wildman–Crippen LogP) is 40.9. The van der Waals surface area contributed by atoms with E-state index in [-0.39, 0.29) is 70.9 Å². The summed E-state index contributed by atoms with van der Waals surface area (Å²) < 4.78 is 0. The van der Waals surface area contributed by atoms with Crippen LogP contribution in [0.25, 0.3) is 117 Å². The molecule has 4 aliphatic heterocycles. The third-order valence-corrected chi connectivity index (χ3v) is 37.7. The van der Waals surface area contributed by atoms with Crippen molar-refractivity contribution in [1.82, 2.24) is 19.6 Å². The number of thiophene rings is 2. The number of rotatable bonds is 75. The topological polar surface area (TPSA) is 150 Å². The zero-order valence-corrected chi connectivity index (χ0v) is 95.3. The number of hydrogen-bond acceptors (Lipinski definition) is 10. The molecular weight excluding hydrogens is 1880 g/mol. The van der Waals surface area contributed by atoms with Gasteiger partial charge in [-0.25, -0.2) is 0 Å². The molecule has 12 nitrogen and oxygen atoms in total. The summed E-state index contributed by atoms with van der Waals surface area (Å²) in [5, 5.41) is 12.9. The fraction of sp³-hybridized carbons (Fsp3) is 0.588. The third-order valence-electron chi connectivity index (χ3n) is 35.3. The van der Waals surface area contributed by atoms with Crippen LogP contribution >= 0.6 is 22.7 Å². The van der Waals surface area contributed by atoms with Gasteiger partial charge in [-0.1, -0.05) is 451 Å². The molecule has 14 heteroatoms. The number of unbranched alkanes of at least 4 members (excludes halogenated alkanes) is 48. The minimum Gasteiger partial charge on any atom is -0.274 e. The van der Waals surface area contributed by atoms with E-state index in [1.165, 1.54) is 257 Å². The zero-order chi connectivity index (χ0) is 105. The van der Waals surface area contributed by atoms with Gasteiger partial charge >= 0.3 is 0 Å². The molecule has 150 heavy (non-hydrogen) atoms. The van der Waals surface area contributed by atoms with Crippen molar-refractivity contribution in [1.29, 1.82) is 0 Å². The number of carbonyl (C=O) groups excluding carboxylic acids is 8. The van der Waals surface area contributed by atoms with Crippen LogP contribution in [0.4, 0.5) is 0 Å². The minimum absolute atomic E-state index is 0.127. The van der Waals surface area contributed by atoms with E-state index in [0.717, 1.165) is 249 Å². The van der Waals surface area contributed by atoms with E-state index >= 15 is 38.4 Å². The summed E-state index contributed by atoms with van der Waals surface area (Å²) in [5.74, 6) is -1.40. The molecule has 4 atom stereocenters. The van der Waals surface area contributed by atoms with Gasteiger partial charge in [0.25, 0.3) is 47.3 Å². The molecular formula is C136H182N4O8S2. The second-order valence-corrected chi connectivity index (χ2v) is 48.8. The maximum Gasteiger partial charge on any atom is 0.262 e. The van der Waals surface area contributed by atoms with E-state index in [9.17, 15) is 0 Å². The second kappa shape index (κ2) is 57.3. The molecule has 0 spiro atoms. The molecule has 0 N–H and O–H groups in total. The Hall–Kier alpha value is -9.24. The third kappa shape index (κ3) is 26.6. The molecule has 0 bridgehead atoms. The molecule has 2 aromatic heterocycles. The molecule has 6 heterocycles. The highest BCUT2D eigenvalue weighted by atomic mass is 32.1. The molecule has 4 unspecified atom stereocenters. The van der Waals surface area contributed by atoms with Crippen molar-refractivity contribution < 1.29 is 38.4 Å². The van der Waals surface area contributed by atoms with Crippen molar-refractivity contribution in [2.24, 2.45) is 23.7 Å². The van der Waals surface area contributed by atoms with Crippen LogP contribution in [0, 0.1) is 23.7 Å². The normalized spacial score (nSPS) is 14.7. The first-order valence-electron chi connectivity index (χ1n) is 61.7. The highest BCUT2D eigenvalue weighted by Crippen LogP contribution is 2.55. The number of benzene rings is 10. The van der Waals surface area contributed by atoms with Crippen LogP contribution in [0.2, 0.25) is 0 Å². The molecule has 10 aromatic carbocycles. The first-order chi connectivity index (χ1) is 73.6. The Labute approximate surface area is 908 Å². The molecule has 0 radical (unpaired) electrons. The van der Waals surface area contributed by atoms with Crippen molar-refractivity contribution in [3.63, 3.8) is 0 Å². The molecule has 806 valence electrons. The Morgan fingerprint density at radius 3 is 0.540 bits per heavy atom. The van der Waals surface area contributed by atoms with Gasteiger partial charge in [-0.15, -0.1) is 22.7 Å². The van der Waals surface area contributed by atoms with Crippen molar-refractivity contribution in [3.8, 4) is 30.6 Å². The summed E-state index contributed by atoms with van der Waals surface area (Å²) >= 11 is 3.22. The Morgan fingerprint density at radius 1 is 0.167 bits per heavy atom. The van der Waals surface area contributed by atoms with Crippen LogP contribution < -0.4 is 0 Å². The van der Waals surface area contributed by atoms with Gasteiger partial charge in [-0.3, -0.25) is 58.0 Å². The Bertz CT molecular complexity index is 6090. The van der Waals surface area contributed by atoms with E-state index in [1.54, 1.807) is 42.3 Å². The summed E-state index contributed by atoms with van der Waals surface area (Å²) in [4.78, 5) is 138. The van der Waals surface area contributed by atoms with Gasteiger partial charge in [0.15, 0.2) is 0 Å². The highest BCUT2D eigenvalue weighted by molar-refractivity contribution is 7.25. The number of fused-ring (bicyclic) bond motifs is 4. The summed E-state index contributed by atoms with van der Waals surface area (Å²) in [6.07, 6.45) is 74.8. The average molecular weight is 2070 g/mol. The first kappa shape index (κ1) is 113. The largest absolute Gasteiger partial charge is 0.274 e. The number of nitrogens with zero attached hydrogens (tertiary/aromatic N) is 4. The van der Waals surface area contributed by atoms with Crippen LogP contribution in [0.15, 0.2) is 109 Å². The first-order valence-corrected chi connectivity index (χ1v) is 63.4. The summed E-state index contributed by atoms with van der Waals surface area (Å²) in [6, 6.07) is 37.3. The lowest BCUT2D eigenvalue weighted by molar-refractivity contribution is 0.0563. The number of amides is 8. The maximum atomic E-state index is 16.8. The molecule has 8 amide bonds. The summed E-state index contributed by atoms with van der Waals surface area (Å²) in [7, 11) is 0. The Kier molecular flexibility index (Phi) is 43.3. The van der Waals surface area contributed by atoms with Crippen molar-refractivity contribution >= 4 is 156 Å². The molecule has 16 rings (SSSR count). The second-order valence-electron chi connectivity index (χ2n) is 46.6. The van der Waals surface area contributed by atoms with E-state index < -0.39 is 0 Å². The maximum absolute atomic E-state index is 16.8. The Morgan fingerprint density at radius 2 is 0.333 bits per heavy atom. The van der Waals surface area contributed by atoms with Crippen molar-refractivity contribution in [2.75, 3.05) is 26.2 Å². The number of hydrogen-bond donors (Lipinski definition) is 0. The minimum atomic E-state index is -0.279. The zero-order valence-electron chi connectivity index (χ0n) is 93.7. The van der Waals surface area contributed by atoms with Crippen molar-refractivity contribution in [2.45, 2.75) is 466 Å². The Balaban J connectivity index is 0.800. The van der Waals surface area contributed by atoms with Gasteiger partial charge in [0.1, 0.15) is 0 Å². The van der Waals surface area contributed by atoms with Gasteiger partial charge in [0, 0.05) is 112 Å². The average Bonchev–Trinajstić information content (AvgIpc) is 1.41. The standard InChI is InChI=1S/C136H182N4O8S2/c1-9-17-25-33-41-45-53-61-67-95(65-57-49-37-29-21-13-5)91-137-129(141)105-79-73-99-101-75-83-109-125-121(101)111(103-77-81-107(131(137)143)123(105)119(99)103)89-113(127(125)135(147)139(133(109)145)93-97(69-59-51-39-31-23-15-7)71-63-55-47-43-35-27-19-11-3)115-85-87-117(149-115)118-88-86-116(150-118)114-90-112-104-78-82-108-124-106(130(142)138(132(108)144)92-96(66-58-50-38-30-22-14-6)68-62-54-46-42-34-26-18-10-2)80-74-100(120(104)124)102-76-84-110-126(122(102)112)128(114)136(148)140(134(110)146)94-98(70-60-52-40-32-24-16-8)72-64-56-48-44-36-28-20-12-4/h73-90,95-98H,9-72,91-94H2,1-8H3. The van der Waals surface area contributed by atoms with Gasteiger partial charge in [0.05, 0.1) is 11.1 Å². The van der Waals surface area contributed by atoms with Crippen molar-refractivity contribution in [3.05, 3.63) is 154 Å². The highest BCUT2D eigenvalue weighted by Gasteiger charge is 2.44. The summed E-state index contributed by atoms with van der Waals surface area (Å²) in [6.45, 7) is 19.6. The van der Waals surface area contributed by atoms with Crippen LogP contribution in [0.3, 0.4) is 0 Å². The number of carbonyl (C=O) groups is 8. The fourth-order valence-corrected chi connectivity index (χ4v) is 28.8. The predicted molar refractivity (Wildman–Crippen MR) is 637 cm³/mol. The quantitative estimate of drug-likeness (QED) is 0.0158. The van der Waals surface area contributed by atoms with E-state index in [4.69, 9.17) is 0 Å². The molecule has 0 saturated carbocycles. The SMILES string of the molecule is CCCCCCCCCCC(CCCCCCCC)CN1C(=O)c2ccc3c4ccc5c6c(c(-c7ccc(-c8ccc(-c9cc%10c%11ccc%12c%13c(ccc(c%14ccc%15c(c9C(=O)N(CC(CCCCCCCC)CCCCCCCCCC)C%15=O)c%14%10)c%13%11)C(=O)N(CC(CCCCCCCC)CCCCCCCCCC)C%12=O)s8)s7)cc(c7ccc(c2c37)C1=O)c64)C(=O)N(CC(CCCCCCCC)CCCCCCCCCC)C5=O. The lowest BCUT2D eigenvalue weighted by Crippen LogP contribution is -2.43. The van der Waals surface area contributed by atoms with E-state index in [0.29, 0.717) is 92.2 Å². The van der Waals surface area contributed by atoms with E-state index in [2.05, 4.69) is 128 Å². The molecule has 0 aliphatic carbocycles. The molecule has 0 fully saturated rings. The van der Waals surface area contributed by atoms with Gasteiger partial charge < -0.3 is 0 Å². The van der Waals surface area contributed by atoms with Gasteiger partial charge in [-0.05, 0) is 212 Å². The van der Waals surface area contributed by atoms with Gasteiger partial charge in [0.2, 0.25) is 0 Å². The van der Waals surface area contributed by atoms with Crippen LogP contribution in [0.5, 0.6) is 0 Å².